The summed E-state index contributed by atoms with van der Waals surface area (Å²) in [7, 11) is 0. The molecule has 0 atom stereocenters. The molecule has 174 valence electrons. The third-order valence-corrected chi connectivity index (χ3v) is 5.24. The summed E-state index contributed by atoms with van der Waals surface area (Å²) in [6.45, 7) is 15.6. The molecule has 2 aromatic rings. The van der Waals surface area contributed by atoms with E-state index in [0.717, 1.165) is 18.4 Å². The lowest BCUT2D eigenvalue weighted by atomic mass is 9.80. The van der Waals surface area contributed by atoms with E-state index < -0.39 is 0 Å². The summed E-state index contributed by atoms with van der Waals surface area (Å²) >= 11 is 0. The Balaban J connectivity index is 2.06. The number of hydrogen-bond acceptors (Lipinski definition) is 3. The molecule has 0 aromatic heterocycles. The maximum absolute atomic E-state index is 12.5. The van der Waals surface area contributed by atoms with E-state index in [9.17, 15) is 9.59 Å². The highest BCUT2D eigenvalue weighted by atomic mass is 16.5. The van der Waals surface area contributed by atoms with Crippen molar-refractivity contribution < 1.29 is 14.3 Å². The molecule has 5 heteroatoms. The molecule has 0 heterocycles. The van der Waals surface area contributed by atoms with Crippen molar-refractivity contribution in [2.45, 2.75) is 72.1 Å². The van der Waals surface area contributed by atoms with Crippen LogP contribution in [0.1, 0.15) is 82.8 Å². The third kappa shape index (κ3) is 7.40. The van der Waals surface area contributed by atoms with E-state index in [1.54, 1.807) is 24.3 Å². The van der Waals surface area contributed by atoms with Crippen molar-refractivity contribution in [3.63, 3.8) is 0 Å². The minimum atomic E-state index is -0.270. The van der Waals surface area contributed by atoms with Crippen LogP contribution in [-0.4, -0.2) is 25.0 Å². The lowest BCUT2D eigenvalue weighted by Gasteiger charge is -2.27. The smallest absolute Gasteiger partial charge is 0.262 e. The number of anilines is 1. The molecule has 0 aliphatic heterocycles. The Labute approximate surface area is 192 Å². The van der Waals surface area contributed by atoms with Crippen LogP contribution in [0.25, 0.3) is 0 Å². The maximum Gasteiger partial charge on any atom is 0.262 e. The van der Waals surface area contributed by atoms with Crippen molar-refractivity contribution in [3.8, 4) is 5.75 Å². The Morgan fingerprint density at radius 2 is 1.66 bits per heavy atom. The zero-order chi connectivity index (χ0) is 23.9. The van der Waals surface area contributed by atoms with Crippen LogP contribution in [0.2, 0.25) is 0 Å². The molecule has 0 aliphatic rings. The molecular weight excluding hydrogens is 400 g/mol. The molecule has 2 amide bonds. The molecule has 2 N–H and O–H groups in total. The minimum absolute atomic E-state index is 0.0315. The number of hydrogen-bond donors (Lipinski definition) is 2. The highest BCUT2D eigenvalue weighted by molar-refractivity contribution is 5.97. The summed E-state index contributed by atoms with van der Waals surface area (Å²) in [6, 6.07) is 13.1. The first kappa shape index (κ1) is 25.4. The van der Waals surface area contributed by atoms with Gasteiger partial charge in [-0.05, 0) is 52.6 Å². The van der Waals surface area contributed by atoms with E-state index >= 15 is 0 Å². The predicted octanol–water partition coefficient (Wildman–Crippen LogP) is 5.83. The molecule has 0 radical (unpaired) electrons. The Morgan fingerprint density at radius 3 is 2.28 bits per heavy atom. The first-order valence-corrected chi connectivity index (χ1v) is 11.4. The van der Waals surface area contributed by atoms with Crippen LogP contribution in [0.5, 0.6) is 5.75 Å². The van der Waals surface area contributed by atoms with Gasteiger partial charge in [0.25, 0.3) is 11.8 Å². The van der Waals surface area contributed by atoms with Crippen molar-refractivity contribution in [1.82, 2.24) is 5.32 Å². The average molecular weight is 439 g/mol. The number of amides is 2. The first-order chi connectivity index (χ1) is 14.9. The van der Waals surface area contributed by atoms with E-state index in [1.807, 2.05) is 6.07 Å². The summed E-state index contributed by atoms with van der Waals surface area (Å²) < 4.78 is 5.92. The van der Waals surface area contributed by atoms with Gasteiger partial charge in [-0.1, -0.05) is 73.1 Å². The molecule has 2 rings (SSSR count). The zero-order valence-corrected chi connectivity index (χ0v) is 20.6. The Bertz CT molecular complexity index is 937. The number of ether oxygens (including phenoxy) is 1. The quantitative estimate of drug-likeness (QED) is 0.510. The van der Waals surface area contributed by atoms with Gasteiger partial charge in [-0.25, -0.2) is 0 Å². The number of unbranched alkanes of at least 4 members (excludes halogenated alkanes) is 1. The molecular formula is C27H38N2O3. The SMILES string of the molecule is CCCCNC(=O)c1cccc(NC(=O)COc2ccc(C(C)(C)C)cc2C(C)(C)C)c1. The number of benzene rings is 2. The fourth-order valence-corrected chi connectivity index (χ4v) is 3.27. The van der Waals surface area contributed by atoms with E-state index in [2.05, 4.69) is 71.2 Å². The topological polar surface area (TPSA) is 67.4 Å². The van der Waals surface area contributed by atoms with Crippen LogP contribution in [0.15, 0.2) is 42.5 Å². The lowest BCUT2D eigenvalue weighted by Crippen LogP contribution is -2.25. The second-order valence-electron chi connectivity index (χ2n) is 10.2. The van der Waals surface area contributed by atoms with Gasteiger partial charge in [0.1, 0.15) is 5.75 Å². The van der Waals surface area contributed by atoms with Crippen LogP contribution in [-0.2, 0) is 15.6 Å². The maximum atomic E-state index is 12.5. The third-order valence-electron chi connectivity index (χ3n) is 5.24. The first-order valence-electron chi connectivity index (χ1n) is 11.4. The fourth-order valence-electron chi connectivity index (χ4n) is 3.27. The van der Waals surface area contributed by atoms with Crippen molar-refractivity contribution in [1.29, 1.82) is 0 Å². The van der Waals surface area contributed by atoms with E-state index in [0.29, 0.717) is 23.5 Å². The summed E-state index contributed by atoms with van der Waals surface area (Å²) in [6.07, 6.45) is 1.96. The standard InChI is InChI=1S/C27H38N2O3/c1-8-9-15-28-25(31)19-11-10-12-21(16-19)29-24(30)18-32-23-14-13-20(26(2,3)4)17-22(23)27(5,6)7/h10-14,16-17H,8-9,15,18H2,1-7H3,(H,28,31)(H,29,30). The highest BCUT2D eigenvalue weighted by Gasteiger charge is 2.23. The van der Waals surface area contributed by atoms with Gasteiger partial charge >= 0.3 is 0 Å². The van der Waals surface area contributed by atoms with E-state index in [4.69, 9.17) is 4.74 Å². The summed E-state index contributed by atoms with van der Waals surface area (Å²) in [5.41, 5.74) is 3.31. The van der Waals surface area contributed by atoms with E-state index in [1.165, 1.54) is 5.56 Å². The monoisotopic (exact) mass is 438 g/mol. The summed E-state index contributed by atoms with van der Waals surface area (Å²) in [4.78, 5) is 24.8. The average Bonchev–Trinajstić information content (AvgIpc) is 2.71. The molecule has 0 unspecified atom stereocenters. The second-order valence-corrected chi connectivity index (χ2v) is 10.2. The molecule has 0 spiro atoms. The van der Waals surface area contributed by atoms with Gasteiger partial charge in [0.15, 0.2) is 6.61 Å². The second kappa shape index (κ2) is 10.7. The fraction of sp³-hybridized carbons (Fsp3) is 0.481. The number of carbonyl (C=O) groups is 2. The van der Waals surface area contributed by atoms with Gasteiger partial charge in [-0.15, -0.1) is 0 Å². The summed E-state index contributed by atoms with van der Waals surface area (Å²) in [5.74, 6) is 0.303. The Kier molecular flexibility index (Phi) is 8.48. The summed E-state index contributed by atoms with van der Waals surface area (Å²) in [5, 5.41) is 5.71. The molecule has 0 saturated heterocycles. The van der Waals surface area contributed by atoms with E-state index in [-0.39, 0.29) is 29.3 Å². The number of carbonyl (C=O) groups excluding carboxylic acids is 2. The van der Waals surface area contributed by atoms with Crippen LogP contribution < -0.4 is 15.4 Å². The van der Waals surface area contributed by atoms with Crippen LogP contribution in [0.3, 0.4) is 0 Å². The zero-order valence-electron chi connectivity index (χ0n) is 20.6. The van der Waals surface area contributed by atoms with Crippen molar-refractivity contribution >= 4 is 17.5 Å². The number of nitrogens with one attached hydrogen (secondary N) is 2. The molecule has 32 heavy (non-hydrogen) atoms. The van der Waals surface area contributed by atoms with Crippen molar-refractivity contribution in [2.75, 3.05) is 18.5 Å². The highest BCUT2D eigenvalue weighted by Crippen LogP contribution is 2.35. The lowest BCUT2D eigenvalue weighted by molar-refractivity contribution is -0.118. The van der Waals surface area contributed by atoms with Crippen LogP contribution in [0, 0.1) is 0 Å². The van der Waals surface area contributed by atoms with Crippen LogP contribution >= 0.6 is 0 Å². The van der Waals surface area contributed by atoms with Gasteiger partial charge in [0, 0.05) is 17.8 Å². The molecule has 0 aliphatic carbocycles. The van der Waals surface area contributed by atoms with Crippen LogP contribution in [0.4, 0.5) is 5.69 Å². The molecule has 0 fully saturated rings. The number of rotatable bonds is 8. The Morgan fingerprint density at radius 1 is 0.938 bits per heavy atom. The minimum Gasteiger partial charge on any atom is -0.483 e. The Hall–Kier alpha value is -2.82. The van der Waals surface area contributed by atoms with Gasteiger partial charge in [-0.3, -0.25) is 9.59 Å². The van der Waals surface area contributed by atoms with Crippen molar-refractivity contribution in [2.24, 2.45) is 0 Å². The predicted molar refractivity (Wildman–Crippen MR) is 132 cm³/mol. The van der Waals surface area contributed by atoms with Gasteiger partial charge in [0.2, 0.25) is 0 Å². The largest absolute Gasteiger partial charge is 0.483 e. The molecule has 2 aromatic carbocycles. The van der Waals surface area contributed by atoms with Gasteiger partial charge < -0.3 is 15.4 Å². The molecule has 0 saturated carbocycles. The normalized spacial score (nSPS) is 11.7. The van der Waals surface area contributed by atoms with Crippen molar-refractivity contribution in [3.05, 3.63) is 59.2 Å². The van der Waals surface area contributed by atoms with Gasteiger partial charge in [0.05, 0.1) is 0 Å². The molecule has 5 nitrogen and oxygen atoms in total. The van der Waals surface area contributed by atoms with Gasteiger partial charge in [-0.2, -0.15) is 0 Å². The molecule has 0 bridgehead atoms.